The molecule has 0 saturated carbocycles. The van der Waals surface area contributed by atoms with Gasteiger partial charge in [-0.05, 0) is 63.1 Å². The zero-order valence-corrected chi connectivity index (χ0v) is 18.8. The standard InChI is InChI=1S/C22H25ClN4O2S/c1-4-30(28,29)17-8-10-21(27-14(2)5-6-15(27)3)20(12-17)26-22-18-11-16(23)7-9-19(18)24-13-25-22/h7-15H,4-6H2,1-3H3,(H,24,25,26). The molecular formula is C22H25ClN4O2S. The lowest BCUT2D eigenvalue weighted by atomic mass is 10.2. The lowest BCUT2D eigenvalue weighted by Crippen LogP contribution is -2.33. The second-order valence-electron chi connectivity index (χ2n) is 7.77. The van der Waals surface area contributed by atoms with Gasteiger partial charge in [0.15, 0.2) is 9.84 Å². The third-order valence-corrected chi connectivity index (χ3v) is 7.76. The molecule has 1 saturated heterocycles. The predicted molar refractivity (Wildman–Crippen MR) is 123 cm³/mol. The van der Waals surface area contributed by atoms with E-state index in [-0.39, 0.29) is 5.75 Å². The van der Waals surface area contributed by atoms with Crippen molar-refractivity contribution in [3.63, 3.8) is 0 Å². The molecule has 0 bridgehead atoms. The van der Waals surface area contributed by atoms with Crippen LogP contribution in [0.2, 0.25) is 5.02 Å². The maximum absolute atomic E-state index is 12.5. The maximum atomic E-state index is 12.5. The molecule has 2 aromatic carbocycles. The van der Waals surface area contributed by atoms with Crippen LogP contribution in [0, 0.1) is 0 Å². The van der Waals surface area contributed by atoms with Crippen molar-refractivity contribution in [3.8, 4) is 0 Å². The second-order valence-corrected chi connectivity index (χ2v) is 10.5. The van der Waals surface area contributed by atoms with Gasteiger partial charge in [0, 0.05) is 22.5 Å². The maximum Gasteiger partial charge on any atom is 0.178 e. The van der Waals surface area contributed by atoms with Crippen molar-refractivity contribution in [2.24, 2.45) is 0 Å². The number of nitrogens with zero attached hydrogens (tertiary/aromatic N) is 3. The highest BCUT2D eigenvalue weighted by atomic mass is 35.5. The van der Waals surface area contributed by atoms with Gasteiger partial charge in [-0.1, -0.05) is 18.5 Å². The minimum Gasteiger partial charge on any atom is -0.364 e. The predicted octanol–water partition coefficient (Wildman–Crippen LogP) is 5.20. The summed E-state index contributed by atoms with van der Waals surface area (Å²) in [5.41, 5.74) is 2.44. The Balaban J connectivity index is 1.87. The molecular weight excluding hydrogens is 420 g/mol. The Morgan fingerprint density at radius 1 is 1.10 bits per heavy atom. The molecule has 30 heavy (non-hydrogen) atoms. The van der Waals surface area contributed by atoms with Gasteiger partial charge in [0.25, 0.3) is 0 Å². The number of halogens is 1. The number of aromatic nitrogens is 2. The van der Waals surface area contributed by atoms with Crippen LogP contribution in [-0.4, -0.2) is 36.2 Å². The number of sulfone groups is 1. The van der Waals surface area contributed by atoms with Crippen molar-refractivity contribution in [2.75, 3.05) is 16.0 Å². The molecule has 158 valence electrons. The zero-order chi connectivity index (χ0) is 21.5. The quantitative estimate of drug-likeness (QED) is 0.583. The number of hydrogen-bond donors (Lipinski definition) is 1. The summed E-state index contributed by atoms with van der Waals surface area (Å²) in [4.78, 5) is 11.4. The van der Waals surface area contributed by atoms with Crippen LogP contribution in [0.15, 0.2) is 47.6 Å². The third kappa shape index (κ3) is 3.84. The fourth-order valence-corrected chi connectivity index (χ4v) is 5.20. The Hall–Kier alpha value is -2.38. The summed E-state index contributed by atoms with van der Waals surface area (Å²) in [5.74, 6) is 0.642. The molecule has 1 N–H and O–H groups in total. The van der Waals surface area contributed by atoms with Crippen molar-refractivity contribution in [1.29, 1.82) is 0 Å². The highest BCUT2D eigenvalue weighted by Crippen LogP contribution is 2.39. The fourth-order valence-electron chi connectivity index (χ4n) is 4.13. The van der Waals surface area contributed by atoms with Crippen molar-refractivity contribution in [2.45, 2.75) is 50.6 Å². The van der Waals surface area contributed by atoms with Gasteiger partial charge < -0.3 is 10.2 Å². The molecule has 0 spiro atoms. The summed E-state index contributed by atoms with van der Waals surface area (Å²) >= 11 is 6.20. The summed E-state index contributed by atoms with van der Waals surface area (Å²) < 4.78 is 25.1. The molecule has 1 aliphatic rings. The smallest absolute Gasteiger partial charge is 0.178 e. The van der Waals surface area contributed by atoms with Gasteiger partial charge in [0.2, 0.25) is 0 Å². The number of benzene rings is 2. The van der Waals surface area contributed by atoms with Crippen LogP contribution >= 0.6 is 11.6 Å². The van der Waals surface area contributed by atoms with Crippen molar-refractivity contribution < 1.29 is 8.42 Å². The van der Waals surface area contributed by atoms with Crippen LogP contribution in [0.4, 0.5) is 17.2 Å². The highest BCUT2D eigenvalue weighted by molar-refractivity contribution is 7.91. The van der Waals surface area contributed by atoms with Crippen LogP contribution in [0.3, 0.4) is 0 Å². The molecule has 4 rings (SSSR count). The van der Waals surface area contributed by atoms with E-state index in [2.05, 4.69) is 34.0 Å². The zero-order valence-electron chi connectivity index (χ0n) is 17.3. The Kier molecular flexibility index (Phi) is 5.59. The number of nitrogens with one attached hydrogen (secondary N) is 1. The van der Waals surface area contributed by atoms with Crippen LogP contribution < -0.4 is 10.2 Å². The largest absolute Gasteiger partial charge is 0.364 e. The van der Waals surface area contributed by atoms with Crippen molar-refractivity contribution in [1.82, 2.24) is 9.97 Å². The molecule has 2 unspecified atom stereocenters. The van der Waals surface area contributed by atoms with E-state index in [1.54, 1.807) is 25.1 Å². The first-order valence-corrected chi connectivity index (χ1v) is 12.2. The molecule has 1 fully saturated rings. The van der Waals surface area contributed by atoms with Crippen LogP contribution in [0.1, 0.15) is 33.6 Å². The minimum atomic E-state index is -3.34. The van der Waals surface area contributed by atoms with Gasteiger partial charge >= 0.3 is 0 Å². The van der Waals surface area contributed by atoms with Gasteiger partial charge in [-0.15, -0.1) is 0 Å². The average Bonchev–Trinajstić information content (AvgIpc) is 3.06. The number of anilines is 3. The lowest BCUT2D eigenvalue weighted by Gasteiger charge is -2.31. The topological polar surface area (TPSA) is 75.2 Å². The molecule has 0 amide bonds. The van der Waals surface area contributed by atoms with Crippen LogP contribution in [0.25, 0.3) is 10.9 Å². The van der Waals surface area contributed by atoms with E-state index in [1.807, 2.05) is 18.2 Å². The SMILES string of the molecule is CCS(=O)(=O)c1ccc(N2C(C)CCC2C)c(Nc2ncnc3ccc(Cl)cc23)c1. The van der Waals surface area contributed by atoms with Crippen LogP contribution in [-0.2, 0) is 9.84 Å². The normalized spacial score (nSPS) is 19.4. The highest BCUT2D eigenvalue weighted by Gasteiger charge is 2.30. The number of fused-ring (bicyclic) bond motifs is 1. The lowest BCUT2D eigenvalue weighted by molar-refractivity contribution is 0.597. The van der Waals surface area contributed by atoms with E-state index in [9.17, 15) is 8.42 Å². The van der Waals surface area contributed by atoms with E-state index in [0.717, 1.165) is 29.4 Å². The molecule has 1 aromatic heterocycles. The fraction of sp³-hybridized carbons (Fsp3) is 0.364. The molecule has 3 aromatic rings. The molecule has 2 atom stereocenters. The van der Waals surface area contributed by atoms with Gasteiger partial charge in [0.05, 0.1) is 27.5 Å². The second kappa shape index (κ2) is 8.04. The first-order valence-electron chi connectivity index (χ1n) is 10.1. The molecule has 2 heterocycles. The van der Waals surface area contributed by atoms with Gasteiger partial charge in [-0.3, -0.25) is 0 Å². The minimum absolute atomic E-state index is 0.0500. The van der Waals surface area contributed by atoms with E-state index in [0.29, 0.717) is 33.5 Å². The molecule has 0 radical (unpaired) electrons. The number of rotatable bonds is 5. The van der Waals surface area contributed by atoms with E-state index in [1.165, 1.54) is 6.33 Å². The Bertz CT molecular complexity index is 1190. The summed E-state index contributed by atoms with van der Waals surface area (Å²) in [5, 5.41) is 4.75. The summed E-state index contributed by atoms with van der Waals surface area (Å²) in [6.45, 7) is 6.05. The summed E-state index contributed by atoms with van der Waals surface area (Å²) in [6, 6.07) is 11.5. The Labute approximate surface area is 182 Å². The first-order chi connectivity index (χ1) is 14.3. The van der Waals surface area contributed by atoms with E-state index in [4.69, 9.17) is 11.6 Å². The van der Waals surface area contributed by atoms with E-state index < -0.39 is 9.84 Å². The monoisotopic (exact) mass is 444 g/mol. The molecule has 6 nitrogen and oxygen atoms in total. The Morgan fingerprint density at radius 2 is 1.83 bits per heavy atom. The summed E-state index contributed by atoms with van der Waals surface area (Å²) in [7, 11) is -3.34. The molecule has 1 aliphatic heterocycles. The van der Waals surface area contributed by atoms with E-state index >= 15 is 0 Å². The first kappa shape index (κ1) is 20.9. The van der Waals surface area contributed by atoms with Gasteiger partial charge in [-0.2, -0.15) is 0 Å². The van der Waals surface area contributed by atoms with Gasteiger partial charge in [0.1, 0.15) is 12.1 Å². The van der Waals surface area contributed by atoms with Crippen molar-refractivity contribution >= 4 is 49.5 Å². The Morgan fingerprint density at radius 3 is 2.53 bits per heavy atom. The van der Waals surface area contributed by atoms with Gasteiger partial charge in [-0.25, -0.2) is 18.4 Å². The third-order valence-electron chi connectivity index (χ3n) is 5.79. The number of hydrogen-bond acceptors (Lipinski definition) is 6. The van der Waals surface area contributed by atoms with Crippen molar-refractivity contribution in [3.05, 3.63) is 47.7 Å². The molecule has 8 heteroatoms. The molecule has 0 aliphatic carbocycles. The van der Waals surface area contributed by atoms with Crippen LogP contribution in [0.5, 0.6) is 0 Å². The average molecular weight is 445 g/mol. The summed E-state index contributed by atoms with van der Waals surface area (Å²) in [6.07, 6.45) is 3.69.